The molecule has 1 N–H and O–H groups in total. The Kier molecular flexibility index (Phi) is 5.59. The predicted octanol–water partition coefficient (Wildman–Crippen LogP) is 4.02. The van der Waals surface area contributed by atoms with E-state index in [1.165, 1.54) is 7.11 Å². The first kappa shape index (κ1) is 20.4. The second-order valence-electron chi connectivity index (χ2n) is 7.75. The van der Waals surface area contributed by atoms with Crippen molar-refractivity contribution in [3.63, 3.8) is 0 Å². The minimum atomic E-state index is -0.586. The van der Waals surface area contributed by atoms with Gasteiger partial charge in [-0.2, -0.15) is 0 Å². The molecule has 2 aromatic carbocycles. The lowest BCUT2D eigenvalue weighted by Crippen LogP contribution is -2.29. The van der Waals surface area contributed by atoms with Crippen LogP contribution >= 0.6 is 0 Å². The van der Waals surface area contributed by atoms with Crippen molar-refractivity contribution in [2.45, 2.75) is 32.8 Å². The van der Waals surface area contributed by atoms with Crippen molar-refractivity contribution in [2.75, 3.05) is 23.9 Å². The summed E-state index contributed by atoms with van der Waals surface area (Å²) in [6, 6.07) is 11.8. The van der Waals surface area contributed by atoms with Crippen molar-refractivity contribution >= 4 is 29.3 Å². The van der Waals surface area contributed by atoms with Gasteiger partial charge in [-0.3, -0.25) is 10.1 Å². The number of amides is 2. The van der Waals surface area contributed by atoms with Crippen LogP contribution in [0.5, 0.6) is 0 Å². The highest BCUT2D eigenvalue weighted by Gasteiger charge is 2.26. The van der Waals surface area contributed by atoms with Crippen LogP contribution in [0.2, 0.25) is 0 Å². The molecule has 2 aromatic rings. The maximum atomic E-state index is 12.9. The molecule has 3 rings (SSSR count). The normalized spacial score (nSPS) is 12.9. The Hall–Kier alpha value is -3.35. The summed E-state index contributed by atoms with van der Waals surface area (Å²) in [5.74, 6) is -0.538. The summed E-state index contributed by atoms with van der Waals surface area (Å²) >= 11 is 0. The lowest BCUT2D eigenvalue weighted by molar-refractivity contribution is 0.0598. The third-order valence-corrected chi connectivity index (χ3v) is 4.42. The van der Waals surface area contributed by atoms with Crippen LogP contribution < -0.4 is 10.2 Å². The van der Waals surface area contributed by atoms with E-state index in [9.17, 15) is 14.4 Å². The highest BCUT2D eigenvalue weighted by molar-refractivity contribution is 6.08. The van der Waals surface area contributed by atoms with Crippen LogP contribution in [0.1, 0.15) is 47.1 Å². The monoisotopic (exact) mass is 396 g/mol. The van der Waals surface area contributed by atoms with E-state index in [0.717, 1.165) is 11.3 Å². The zero-order valence-electron chi connectivity index (χ0n) is 16.9. The van der Waals surface area contributed by atoms with Gasteiger partial charge in [0.25, 0.3) is 5.91 Å². The van der Waals surface area contributed by atoms with E-state index in [1.807, 2.05) is 0 Å². The van der Waals surface area contributed by atoms with Crippen LogP contribution in [0.15, 0.2) is 42.5 Å². The van der Waals surface area contributed by atoms with E-state index in [4.69, 9.17) is 9.47 Å². The van der Waals surface area contributed by atoms with Crippen LogP contribution in [0, 0.1) is 0 Å². The molecule has 0 bridgehead atoms. The van der Waals surface area contributed by atoms with Crippen LogP contribution in [-0.2, 0) is 15.9 Å². The Bertz CT molecular complexity index is 945. The number of hydrogen-bond acceptors (Lipinski definition) is 5. The van der Waals surface area contributed by atoms with Crippen LogP contribution in [-0.4, -0.2) is 37.2 Å². The molecule has 7 heteroatoms. The van der Waals surface area contributed by atoms with Gasteiger partial charge in [0, 0.05) is 23.5 Å². The molecule has 0 spiro atoms. The summed E-state index contributed by atoms with van der Waals surface area (Å²) in [6.45, 7) is 5.90. The molecule has 0 aliphatic carbocycles. The second kappa shape index (κ2) is 7.95. The van der Waals surface area contributed by atoms with E-state index >= 15 is 0 Å². The fraction of sp³-hybridized carbons (Fsp3) is 0.318. The van der Waals surface area contributed by atoms with Gasteiger partial charge in [-0.25, -0.2) is 9.59 Å². The summed E-state index contributed by atoms with van der Waals surface area (Å²) < 4.78 is 9.96. The minimum absolute atomic E-state index is 0.140. The highest BCUT2D eigenvalue weighted by atomic mass is 16.6. The summed E-state index contributed by atoms with van der Waals surface area (Å²) in [5, 5.41) is 2.64. The topological polar surface area (TPSA) is 84.9 Å². The maximum absolute atomic E-state index is 12.9. The summed E-state index contributed by atoms with van der Waals surface area (Å²) in [4.78, 5) is 38.2. The van der Waals surface area contributed by atoms with Gasteiger partial charge in [0.2, 0.25) is 0 Å². The lowest BCUT2D eigenvalue weighted by Gasteiger charge is -2.20. The predicted molar refractivity (Wildman–Crippen MR) is 109 cm³/mol. The van der Waals surface area contributed by atoms with Crippen molar-refractivity contribution in [3.05, 3.63) is 59.2 Å². The number of carbonyl (C=O) groups is 3. The maximum Gasteiger partial charge on any atom is 0.412 e. The Morgan fingerprint density at radius 1 is 1.00 bits per heavy atom. The van der Waals surface area contributed by atoms with E-state index in [2.05, 4.69) is 5.32 Å². The number of nitrogens with one attached hydrogen (secondary N) is 1. The molecule has 0 unspecified atom stereocenters. The molecule has 7 nitrogen and oxygen atoms in total. The fourth-order valence-electron chi connectivity index (χ4n) is 3.13. The first-order valence-electron chi connectivity index (χ1n) is 9.31. The number of esters is 1. The Balaban J connectivity index is 1.71. The van der Waals surface area contributed by atoms with Crippen LogP contribution in [0.3, 0.4) is 0 Å². The first-order valence-corrected chi connectivity index (χ1v) is 9.31. The van der Waals surface area contributed by atoms with Gasteiger partial charge in [-0.1, -0.05) is 0 Å². The van der Waals surface area contributed by atoms with Crippen molar-refractivity contribution < 1.29 is 23.9 Å². The van der Waals surface area contributed by atoms with Gasteiger partial charge in [0.1, 0.15) is 5.60 Å². The molecular weight excluding hydrogens is 372 g/mol. The number of anilines is 2. The third-order valence-electron chi connectivity index (χ3n) is 4.42. The van der Waals surface area contributed by atoms with Gasteiger partial charge in [-0.15, -0.1) is 0 Å². The molecule has 1 aliphatic heterocycles. The molecule has 1 aliphatic rings. The van der Waals surface area contributed by atoms with E-state index in [1.54, 1.807) is 68.1 Å². The lowest BCUT2D eigenvalue weighted by atomic mass is 10.1. The average Bonchev–Trinajstić information content (AvgIpc) is 3.09. The van der Waals surface area contributed by atoms with Gasteiger partial charge in [0.15, 0.2) is 0 Å². The zero-order valence-corrected chi connectivity index (χ0v) is 16.9. The molecule has 0 fully saturated rings. The fourth-order valence-corrected chi connectivity index (χ4v) is 3.13. The SMILES string of the molecule is COC(=O)c1ccc2c(c1)CCN2C(=O)c1ccc(NC(=O)OC(C)(C)C)cc1. The molecule has 0 radical (unpaired) electrons. The van der Waals surface area contributed by atoms with E-state index < -0.39 is 17.7 Å². The largest absolute Gasteiger partial charge is 0.465 e. The number of fused-ring (bicyclic) bond motifs is 1. The third kappa shape index (κ3) is 4.74. The second-order valence-corrected chi connectivity index (χ2v) is 7.75. The number of hydrogen-bond donors (Lipinski definition) is 1. The molecule has 0 saturated carbocycles. The molecule has 152 valence electrons. The number of benzene rings is 2. The molecule has 2 amide bonds. The number of ether oxygens (including phenoxy) is 2. The molecule has 1 heterocycles. The van der Waals surface area contributed by atoms with Crippen molar-refractivity contribution in [1.82, 2.24) is 0 Å². The van der Waals surface area contributed by atoms with Crippen LogP contribution in [0.4, 0.5) is 16.2 Å². The summed E-state index contributed by atoms with van der Waals surface area (Å²) in [7, 11) is 1.34. The Morgan fingerprint density at radius 2 is 1.66 bits per heavy atom. The summed E-state index contributed by atoms with van der Waals surface area (Å²) in [5.41, 5.74) is 2.66. The Labute approximate surface area is 169 Å². The van der Waals surface area contributed by atoms with Crippen molar-refractivity contribution in [2.24, 2.45) is 0 Å². The minimum Gasteiger partial charge on any atom is -0.465 e. The average molecular weight is 396 g/mol. The van der Waals surface area contributed by atoms with E-state index in [-0.39, 0.29) is 5.91 Å². The van der Waals surface area contributed by atoms with Gasteiger partial charge < -0.3 is 14.4 Å². The number of nitrogens with zero attached hydrogens (tertiary/aromatic N) is 1. The number of rotatable bonds is 3. The van der Waals surface area contributed by atoms with E-state index in [0.29, 0.717) is 29.8 Å². The molecule has 0 saturated heterocycles. The van der Waals surface area contributed by atoms with Crippen LogP contribution in [0.25, 0.3) is 0 Å². The van der Waals surface area contributed by atoms with Gasteiger partial charge >= 0.3 is 12.1 Å². The molecular formula is C22H24N2O5. The number of carbonyl (C=O) groups excluding carboxylic acids is 3. The quantitative estimate of drug-likeness (QED) is 0.792. The molecule has 0 atom stereocenters. The van der Waals surface area contributed by atoms with Crippen molar-refractivity contribution in [3.8, 4) is 0 Å². The Morgan fingerprint density at radius 3 is 2.28 bits per heavy atom. The zero-order chi connectivity index (χ0) is 21.2. The molecule has 0 aromatic heterocycles. The highest BCUT2D eigenvalue weighted by Crippen LogP contribution is 2.30. The standard InChI is InChI=1S/C22H24N2O5/c1-22(2,3)29-21(27)23-17-8-5-14(6-9-17)19(25)24-12-11-15-13-16(20(26)28-4)7-10-18(15)24/h5-10,13H,11-12H2,1-4H3,(H,23,27). The van der Waals surface area contributed by atoms with Gasteiger partial charge in [0.05, 0.1) is 12.7 Å². The smallest absolute Gasteiger partial charge is 0.412 e. The summed E-state index contributed by atoms with van der Waals surface area (Å²) in [6.07, 6.45) is 0.121. The molecule has 29 heavy (non-hydrogen) atoms. The first-order chi connectivity index (χ1) is 13.7. The van der Waals surface area contributed by atoms with Crippen molar-refractivity contribution in [1.29, 1.82) is 0 Å². The number of methoxy groups -OCH3 is 1. The van der Waals surface area contributed by atoms with Gasteiger partial charge in [-0.05, 0) is 75.2 Å².